The van der Waals surface area contributed by atoms with Gasteiger partial charge in [0.05, 0.1) is 0 Å². The average molecular weight is 160 g/mol. The third-order valence-electron chi connectivity index (χ3n) is 3.73. The summed E-state index contributed by atoms with van der Waals surface area (Å²) >= 11 is 0. The highest BCUT2D eigenvalue weighted by Crippen LogP contribution is 2.65. The van der Waals surface area contributed by atoms with Crippen molar-refractivity contribution in [2.75, 3.05) is 0 Å². The minimum Gasteiger partial charge on any atom is -0.206 e. The minimum absolute atomic E-state index is 0.132. The maximum atomic E-state index is 13.1. The fourth-order valence-electron chi connectivity index (χ4n) is 2.88. The zero-order valence-electron chi connectivity index (χ0n) is 6.87. The van der Waals surface area contributed by atoms with E-state index in [9.17, 15) is 8.78 Å². The summed E-state index contributed by atoms with van der Waals surface area (Å²) in [4.78, 5) is 0. The van der Waals surface area contributed by atoms with Crippen LogP contribution in [0.3, 0.4) is 0 Å². The van der Waals surface area contributed by atoms with Crippen LogP contribution in [0.15, 0.2) is 0 Å². The molecule has 1 spiro atoms. The minimum atomic E-state index is -2.33. The Labute approximate surface area is 66.0 Å². The van der Waals surface area contributed by atoms with Crippen LogP contribution in [0.2, 0.25) is 0 Å². The molecule has 0 nitrogen and oxygen atoms in total. The van der Waals surface area contributed by atoms with Gasteiger partial charge in [-0.15, -0.1) is 0 Å². The molecule has 2 heteroatoms. The molecule has 0 heterocycles. The molecule has 2 rings (SSSR count). The first-order chi connectivity index (χ1) is 5.08. The first kappa shape index (κ1) is 7.51. The van der Waals surface area contributed by atoms with Gasteiger partial charge in [0.25, 0.3) is 5.92 Å². The topological polar surface area (TPSA) is 0 Å². The van der Waals surface area contributed by atoms with Gasteiger partial charge in [0.15, 0.2) is 0 Å². The Kier molecular flexibility index (Phi) is 1.34. The Morgan fingerprint density at radius 3 is 2.00 bits per heavy atom. The molecule has 2 aliphatic rings. The predicted octanol–water partition coefficient (Wildman–Crippen LogP) is 3.22. The van der Waals surface area contributed by atoms with Gasteiger partial charge < -0.3 is 0 Å². The number of hydrogen-bond donors (Lipinski definition) is 0. The second-order valence-corrected chi connectivity index (χ2v) is 4.17. The molecule has 0 radical (unpaired) electrons. The van der Waals surface area contributed by atoms with Gasteiger partial charge >= 0.3 is 0 Å². The van der Waals surface area contributed by atoms with E-state index in [1.54, 1.807) is 0 Å². The largest absolute Gasteiger partial charge is 0.254 e. The quantitative estimate of drug-likeness (QED) is 0.510. The lowest BCUT2D eigenvalue weighted by atomic mass is 9.57. The Hall–Kier alpha value is -0.140. The summed E-state index contributed by atoms with van der Waals surface area (Å²) in [6.45, 7) is 1.97. The number of hydrogen-bond acceptors (Lipinski definition) is 0. The molecule has 0 aromatic carbocycles. The van der Waals surface area contributed by atoms with E-state index in [0.29, 0.717) is 0 Å². The lowest BCUT2D eigenvalue weighted by Gasteiger charge is -2.52. The number of alkyl halides is 2. The van der Waals surface area contributed by atoms with Crippen molar-refractivity contribution in [3.8, 4) is 0 Å². The standard InChI is InChI=1S/C9H14F2/c1-7-6-9(10,11)8(7)4-2-3-5-8/h7H,2-6H2,1H3. The molecule has 2 aliphatic carbocycles. The molecule has 1 unspecified atom stereocenters. The van der Waals surface area contributed by atoms with Gasteiger partial charge in [0.2, 0.25) is 0 Å². The smallest absolute Gasteiger partial charge is 0.206 e. The summed E-state index contributed by atoms with van der Waals surface area (Å²) in [6, 6.07) is 0. The van der Waals surface area contributed by atoms with Crippen LogP contribution in [-0.2, 0) is 0 Å². The zero-order valence-corrected chi connectivity index (χ0v) is 6.87. The lowest BCUT2D eigenvalue weighted by Crippen LogP contribution is -2.55. The van der Waals surface area contributed by atoms with Gasteiger partial charge in [-0.2, -0.15) is 0 Å². The van der Waals surface area contributed by atoms with E-state index in [4.69, 9.17) is 0 Å². The van der Waals surface area contributed by atoms with E-state index >= 15 is 0 Å². The summed E-state index contributed by atoms with van der Waals surface area (Å²) in [6.07, 6.45) is 3.69. The second-order valence-electron chi connectivity index (χ2n) is 4.17. The molecule has 0 aliphatic heterocycles. The van der Waals surface area contributed by atoms with Crippen LogP contribution < -0.4 is 0 Å². The van der Waals surface area contributed by atoms with Crippen molar-refractivity contribution in [3.05, 3.63) is 0 Å². The van der Waals surface area contributed by atoms with Gasteiger partial charge in [-0.05, 0) is 18.8 Å². The third kappa shape index (κ3) is 0.731. The molecular weight excluding hydrogens is 146 g/mol. The monoisotopic (exact) mass is 160 g/mol. The van der Waals surface area contributed by atoms with Crippen LogP contribution in [-0.4, -0.2) is 5.92 Å². The van der Waals surface area contributed by atoms with E-state index < -0.39 is 11.3 Å². The van der Waals surface area contributed by atoms with Crippen LogP contribution in [0.5, 0.6) is 0 Å². The van der Waals surface area contributed by atoms with Crippen LogP contribution in [0.1, 0.15) is 39.0 Å². The Morgan fingerprint density at radius 1 is 1.18 bits per heavy atom. The highest BCUT2D eigenvalue weighted by Gasteiger charge is 2.66. The number of rotatable bonds is 0. The highest BCUT2D eigenvalue weighted by molar-refractivity contribution is 5.08. The summed E-state index contributed by atoms with van der Waals surface area (Å²) in [5.41, 5.74) is -0.562. The van der Waals surface area contributed by atoms with Crippen molar-refractivity contribution < 1.29 is 8.78 Å². The first-order valence-corrected chi connectivity index (χ1v) is 4.46. The Bertz CT molecular complexity index is 168. The Morgan fingerprint density at radius 2 is 1.73 bits per heavy atom. The van der Waals surface area contributed by atoms with Crippen molar-refractivity contribution in [1.29, 1.82) is 0 Å². The molecule has 0 aromatic heterocycles. The SMILES string of the molecule is CC1CC(F)(F)C12CCCC2. The summed E-state index contributed by atoms with van der Waals surface area (Å²) < 4.78 is 26.3. The van der Waals surface area contributed by atoms with Gasteiger partial charge in [0.1, 0.15) is 0 Å². The van der Waals surface area contributed by atoms with Gasteiger partial charge in [0, 0.05) is 11.8 Å². The summed E-state index contributed by atoms with van der Waals surface area (Å²) in [5.74, 6) is -2.07. The fraction of sp³-hybridized carbons (Fsp3) is 1.00. The van der Waals surface area contributed by atoms with E-state index in [1.807, 2.05) is 6.92 Å². The molecule has 64 valence electrons. The lowest BCUT2D eigenvalue weighted by molar-refractivity contribution is -0.236. The van der Waals surface area contributed by atoms with Gasteiger partial charge in [-0.1, -0.05) is 19.8 Å². The maximum absolute atomic E-state index is 13.1. The molecule has 0 amide bonds. The summed E-state index contributed by atoms with van der Waals surface area (Å²) in [7, 11) is 0. The van der Waals surface area contributed by atoms with E-state index in [2.05, 4.69) is 0 Å². The van der Waals surface area contributed by atoms with E-state index in [0.717, 1.165) is 25.7 Å². The highest BCUT2D eigenvalue weighted by atomic mass is 19.3. The molecule has 11 heavy (non-hydrogen) atoms. The Balaban J connectivity index is 2.21. The van der Waals surface area contributed by atoms with Crippen LogP contribution in [0, 0.1) is 11.3 Å². The van der Waals surface area contributed by atoms with Gasteiger partial charge in [-0.3, -0.25) is 0 Å². The zero-order chi connectivity index (χ0) is 8.11. The molecule has 0 N–H and O–H groups in total. The van der Waals surface area contributed by atoms with Crippen molar-refractivity contribution in [2.24, 2.45) is 11.3 Å². The molecule has 2 fully saturated rings. The molecule has 0 aromatic rings. The summed E-state index contributed by atoms with van der Waals surface area (Å²) in [5, 5.41) is 0. The van der Waals surface area contributed by atoms with Crippen LogP contribution in [0.25, 0.3) is 0 Å². The van der Waals surface area contributed by atoms with Crippen LogP contribution >= 0.6 is 0 Å². The number of halogens is 2. The van der Waals surface area contributed by atoms with E-state index in [1.165, 1.54) is 0 Å². The van der Waals surface area contributed by atoms with Crippen molar-refractivity contribution in [1.82, 2.24) is 0 Å². The van der Waals surface area contributed by atoms with Crippen molar-refractivity contribution in [2.45, 2.75) is 45.0 Å². The second kappa shape index (κ2) is 1.96. The maximum Gasteiger partial charge on any atom is 0.254 e. The van der Waals surface area contributed by atoms with E-state index in [-0.39, 0.29) is 12.3 Å². The van der Waals surface area contributed by atoms with Crippen molar-refractivity contribution >= 4 is 0 Å². The molecule has 0 saturated heterocycles. The van der Waals surface area contributed by atoms with Crippen molar-refractivity contribution in [3.63, 3.8) is 0 Å². The first-order valence-electron chi connectivity index (χ1n) is 4.46. The predicted molar refractivity (Wildman–Crippen MR) is 39.6 cm³/mol. The third-order valence-corrected chi connectivity index (χ3v) is 3.73. The molecule has 0 bridgehead atoms. The van der Waals surface area contributed by atoms with Gasteiger partial charge in [-0.25, -0.2) is 8.78 Å². The average Bonchev–Trinajstić information content (AvgIpc) is 2.34. The molecule has 2 saturated carbocycles. The fourth-order valence-corrected chi connectivity index (χ4v) is 2.88. The van der Waals surface area contributed by atoms with Crippen LogP contribution in [0.4, 0.5) is 8.78 Å². The molecular formula is C9H14F2. The normalized spacial score (nSPS) is 39.0. The molecule has 1 atom stereocenters.